The molecule has 0 spiro atoms. The lowest BCUT2D eigenvalue weighted by atomic mass is 10.0. The first-order valence-corrected chi connectivity index (χ1v) is 12.5. The molecule has 2 heterocycles. The largest absolute Gasteiger partial charge is 0.449 e. The molecule has 0 radical (unpaired) electrons. The first-order chi connectivity index (χ1) is 15.1. The molecule has 3 aromatic rings. The van der Waals surface area contributed by atoms with Gasteiger partial charge in [-0.15, -0.1) is 0 Å². The Kier molecular flexibility index (Phi) is 5.79. The molecule has 0 bridgehead atoms. The number of hydrogen-bond acceptors (Lipinski definition) is 4. The molecule has 0 atom stereocenters. The van der Waals surface area contributed by atoms with E-state index in [1.807, 2.05) is 52.0 Å². The zero-order valence-electron chi connectivity index (χ0n) is 19.3. The highest BCUT2D eigenvalue weighted by Gasteiger charge is 2.30. The Hall–Kier alpha value is -2.80. The molecule has 1 N–H and O–H groups in total. The van der Waals surface area contributed by atoms with Crippen LogP contribution in [-0.4, -0.2) is 32.3 Å². The van der Waals surface area contributed by atoms with E-state index >= 15 is 0 Å². The molecule has 1 aliphatic rings. The maximum atomic E-state index is 13.6. The number of furan rings is 1. The van der Waals surface area contributed by atoms with E-state index in [1.54, 1.807) is 11.8 Å². The second-order valence-corrected chi connectivity index (χ2v) is 10.4. The Bertz CT molecular complexity index is 1300. The number of piperidine rings is 1. The van der Waals surface area contributed by atoms with Crippen molar-refractivity contribution in [1.29, 1.82) is 0 Å². The highest BCUT2D eigenvalue weighted by Crippen LogP contribution is 2.36. The first-order valence-electron chi connectivity index (χ1n) is 11.0. The van der Waals surface area contributed by atoms with Gasteiger partial charge in [0, 0.05) is 24.0 Å². The van der Waals surface area contributed by atoms with E-state index in [4.69, 9.17) is 4.42 Å². The van der Waals surface area contributed by atoms with Crippen molar-refractivity contribution >= 4 is 32.6 Å². The number of fused-ring (bicyclic) bond motifs is 1. The van der Waals surface area contributed by atoms with Gasteiger partial charge < -0.3 is 9.32 Å². The normalized spacial score (nSPS) is 14.7. The Balaban J connectivity index is 1.87. The van der Waals surface area contributed by atoms with Crippen LogP contribution in [0.4, 0.5) is 5.69 Å². The van der Waals surface area contributed by atoms with Crippen molar-refractivity contribution in [2.75, 3.05) is 17.8 Å². The molecule has 1 amide bonds. The van der Waals surface area contributed by atoms with Crippen molar-refractivity contribution in [3.63, 3.8) is 0 Å². The number of rotatable bonds is 4. The fraction of sp³-hybridized carbons (Fsp3) is 0.400. The van der Waals surface area contributed by atoms with E-state index in [1.165, 1.54) is 0 Å². The zero-order chi connectivity index (χ0) is 23.2. The van der Waals surface area contributed by atoms with Gasteiger partial charge in [0.05, 0.1) is 5.69 Å². The number of carbonyl (C=O) groups is 1. The maximum Gasteiger partial charge on any atom is 0.289 e. The lowest BCUT2D eigenvalue weighted by Gasteiger charge is -2.25. The number of likely N-dealkylation sites (tertiary alicyclic amines) is 1. The molecule has 0 saturated carbocycles. The molecule has 170 valence electrons. The Labute approximate surface area is 189 Å². The number of sulfonamides is 1. The predicted octanol–water partition coefficient (Wildman–Crippen LogP) is 5.40. The lowest BCUT2D eigenvalue weighted by molar-refractivity contribution is 0.0693. The minimum atomic E-state index is -3.96. The van der Waals surface area contributed by atoms with Crippen LogP contribution in [0.3, 0.4) is 0 Å². The van der Waals surface area contributed by atoms with Crippen molar-refractivity contribution in [3.8, 4) is 0 Å². The Morgan fingerprint density at radius 3 is 2.19 bits per heavy atom. The van der Waals surface area contributed by atoms with E-state index in [9.17, 15) is 13.2 Å². The number of carbonyl (C=O) groups excluding carboxylic acids is 1. The Morgan fingerprint density at radius 1 is 0.938 bits per heavy atom. The number of benzene rings is 2. The zero-order valence-corrected chi connectivity index (χ0v) is 20.1. The third-order valence-corrected chi connectivity index (χ3v) is 8.02. The molecule has 1 saturated heterocycles. The van der Waals surface area contributed by atoms with Gasteiger partial charge in [-0.1, -0.05) is 18.2 Å². The van der Waals surface area contributed by atoms with Gasteiger partial charge >= 0.3 is 0 Å². The van der Waals surface area contributed by atoms with Gasteiger partial charge in [0.25, 0.3) is 15.9 Å². The van der Waals surface area contributed by atoms with Crippen molar-refractivity contribution in [2.24, 2.45) is 0 Å². The number of para-hydroxylation sites is 1. The molecular formula is C25H30N2O4S. The summed E-state index contributed by atoms with van der Waals surface area (Å²) in [5, 5.41) is 0.662. The van der Waals surface area contributed by atoms with Gasteiger partial charge in [-0.2, -0.15) is 0 Å². The predicted molar refractivity (Wildman–Crippen MR) is 127 cm³/mol. The van der Waals surface area contributed by atoms with Crippen molar-refractivity contribution in [3.05, 3.63) is 57.8 Å². The summed E-state index contributed by atoms with van der Waals surface area (Å²) in [5.41, 5.74) is 4.61. The molecular weight excluding hydrogens is 424 g/mol. The summed E-state index contributed by atoms with van der Waals surface area (Å²) in [6.45, 7) is 10.6. The van der Waals surface area contributed by atoms with Crippen LogP contribution in [0, 0.1) is 34.6 Å². The number of anilines is 1. The van der Waals surface area contributed by atoms with Crippen LogP contribution in [0.1, 0.15) is 57.6 Å². The van der Waals surface area contributed by atoms with Gasteiger partial charge in [-0.3, -0.25) is 9.52 Å². The smallest absolute Gasteiger partial charge is 0.289 e. The third kappa shape index (κ3) is 3.79. The molecule has 1 fully saturated rings. The summed E-state index contributed by atoms with van der Waals surface area (Å²) in [5.74, 6) is 0.0650. The third-order valence-electron chi connectivity index (χ3n) is 6.52. The van der Waals surface area contributed by atoms with Crippen LogP contribution < -0.4 is 4.72 Å². The average Bonchev–Trinajstić information content (AvgIpc) is 3.07. The monoisotopic (exact) mass is 454 g/mol. The molecule has 2 aromatic carbocycles. The minimum absolute atomic E-state index is 0.0935. The number of aryl methyl sites for hydroxylation is 4. The van der Waals surface area contributed by atoms with Crippen LogP contribution in [-0.2, 0) is 10.0 Å². The van der Waals surface area contributed by atoms with Crippen LogP contribution in [0.5, 0.6) is 0 Å². The van der Waals surface area contributed by atoms with Gasteiger partial charge in [0.2, 0.25) is 0 Å². The molecule has 32 heavy (non-hydrogen) atoms. The lowest BCUT2D eigenvalue weighted by Crippen LogP contribution is -2.35. The summed E-state index contributed by atoms with van der Waals surface area (Å²) in [4.78, 5) is 15.1. The second-order valence-electron chi connectivity index (χ2n) is 8.81. The van der Waals surface area contributed by atoms with Crippen LogP contribution in [0.25, 0.3) is 11.0 Å². The van der Waals surface area contributed by atoms with Gasteiger partial charge in [-0.25, -0.2) is 8.42 Å². The maximum absolute atomic E-state index is 13.6. The van der Waals surface area contributed by atoms with Crippen LogP contribution >= 0.6 is 0 Å². The van der Waals surface area contributed by atoms with Gasteiger partial charge in [0.1, 0.15) is 4.90 Å². The summed E-state index contributed by atoms with van der Waals surface area (Å²) < 4.78 is 36.1. The van der Waals surface area contributed by atoms with E-state index in [2.05, 4.69) is 4.72 Å². The number of hydrogen-bond donors (Lipinski definition) is 1. The quantitative estimate of drug-likeness (QED) is 0.572. The van der Waals surface area contributed by atoms with Crippen molar-refractivity contribution < 1.29 is 17.6 Å². The van der Waals surface area contributed by atoms with E-state index in [-0.39, 0.29) is 22.1 Å². The highest BCUT2D eigenvalue weighted by atomic mass is 32.2. The van der Waals surface area contributed by atoms with E-state index in [0.29, 0.717) is 35.3 Å². The molecule has 1 aliphatic heterocycles. The Morgan fingerprint density at radius 2 is 1.56 bits per heavy atom. The topological polar surface area (TPSA) is 79.6 Å². The molecule has 6 nitrogen and oxygen atoms in total. The van der Waals surface area contributed by atoms with E-state index in [0.717, 1.165) is 36.0 Å². The molecule has 0 aliphatic carbocycles. The minimum Gasteiger partial charge on any atom is -0.449 e. The average molecular weight is 455 g/mol. The summed E-state index contributed by atoms with van der Waals surface area (Å²) in [7, 11) is -3.96. The highest BCUT2D eigenvalue weighted by molar-refractivity contribution is 7.93. The molecule has 7 heteroatoms. The molecule has 1 aromatic heterocycles. The first kappa shape index (κ1) is 22.4. The summed E-state index contributed by atoms with van der Waals surface area (Å²) >= 11 is 0. The second kappa shape index (κ2) is 8.28. The standard InChI is InChI=1S/C25H30N2O4S/c1-15-10-9-11-16(2)21(15)26-32(29,30)24-18(4)17(3)14-20-19(5)22(31-23(20)24)25(28)27-12-7-6-8-13-27/h9-11,14,26H,6-8,12-13H2,1-5H3. The molecule has 4 rings (SSSR count). The summed E-state index contributed by atoms with van der Waals surface area (Å²) in [6.07, 6.45) is 3.07. The van der Waals surface area contributed by atoms with Gasteiger partial charge in [0.15, 0.2) is 11.3 Å². The van der Waals surface area contributed by atoms with Crippen molar-refractivity contribution in [1.82, 2.24) is 4.90 Å². The molecule has 0 unspecified atom stereocenters. The van der Waals surface area contributed by atoms with Crippen molar-refractivity contribution in [2.45, 2.75) is 58.8 Å². The van der Waals surface area contributed by atoms with E-state index < -0.39 is 10.0 Å². The fourth-order valence-electron chi connectivity index (χ4n) is 4.47. The number of nitrogens with one attached hydrogen (secondary N) is 1. The SMILES string of the molecule is Cc1cc2c(C)c(C(=O)N3CCCCC3)oc2c(S(=O)(=O)Nc2c(C)cccc2C)c1C. The summed E-state index contributed by atoms with van der Waals surface area (Å²) in [6, 6.07) is 7.55. The number of nitrogens with zero attached hydrogens (tertiary/aromatic N) is 1. The van der Waals surface area contributed by atoms with Gasteiger partial charge in [-0.05, 0) is 82.2 Å². The fourth-order valence-corrected chi connectivity index (χ4v) is 6.12. The van der Waals surface area contributed by atoms with Crippen LogP contribution in [0.2, 0.25) is 0 Å². The number of amides is 1. The van der Waals surface area contributed by atoms with Crippen LogP contribution in [0.15, 0.2) is 33.6 Å².